The molecule has 0 radical (unpaired) electrons. The first kappa shape index (κ1) is 13.3. The topological polar surface area (TPSA) is 76.0 Å². The van der Waals surface area contributed by atoms with Gasteiger partial charge in [0.1, 0.15) is 6.54 Å². The second kappa shape index (κ2) is 5.75. The number of hydrogen-bond acceptors (Lipinski definition) is 4. The zero-order chi connectivity index (χ0) is 13.9. The predicted molar refractivity (Wildman–Crippen MR) is 74.3 cm³/mol. The molecule has 2 aliphatic rings. The molecule has 2 heterocycles. The number of aromatic nitrogens is 2. The van der Waals surface area contributed by atoms with Crippen molar-refractivity contribution in [3.63, 3.8) is 0 Å². The van der Waals surface area contributed by atoms with Crippen molar-refractivity contribution in [1.29, 1.82) is 0 Å². The molecule has 1 aromatic rings. The summed E-state index contributed by atoms with van der Waals surface area (Å²) in [7, 11) is 0. The molecule has 0 bridgehead atoms. The number of amides is 1. The summed E-state index contributed by atoms with van der Waals surface area (Å²) in [4.78, 5) is 23.9. The van der Waals surface area contributed by atoms with Crippen LogP contribution in [0.1, 0.15) is 36.9 Å². The quantitative estimate of drug-likeness (QED) is 0.811. The van der Waals surface area contributed by atoms with Crippen molar-refractivity contribution in [2.45, 2.75) is 51.2 Å². The lowest BCUT2D eigenvalue weighted by Crippen LogP contribution is -2.39. The van der Waals surface area contributed by atoms with Crippen molar-refractivity contribution in [2.75, 3.05) is 6.54 Å². The van der Waals surface area contributed by atoms with Gasteiger partial charge in [-0.15, -0.1) is 0 Å². The smallest absolute Gasteiger partial charge is 0.267 e. The van der Waals surface area contributed by atoms with Crippen molar-refractivity contribution >= 4 is 5.91 Å². The van der Waals surface area contributed by atoms with Gasteiger partial charge in [-0.2, -0.15) is 5.10 Å². The molecule has 1 amide bonds. The second-order valence-electron chi connectivity index (χ2n) is 5.59. The molecule has 1 aromatic heterocycles. The van der Waals surface area contributed by atoms with Gasteiger partial charge in [0.2, 0.25) is 5.91 Å². The largest absolute Gasteiger partial charge is 0.352 e. The number of rotatable bonds is 3. The molecule has 1 saturated carbocycles. The van der Waals surface area contributed by atoms with Crippen LogP contribution in [0, 0.1) is 0 Å². The molecule has 0 aromatic carbocycles. The fourth-order valence-corrected chi connectivity index (χ4v) is 2.95. The van der Waals surface area contributed by atoms with Crippen LogP contribution in [0.4, 0.5) is 0 Å². The summed E-state index contributed by atoms with van der Waals surface area (Å²) in [6.07, 6.45) is 5.25. The lowest BCUT2D eigenvalue weighted by atomic mass is 10.1. The first-order chi connectivity index (χ1) is 9.72. The van der Waals surface area contributed by atoms with Crippen LogP contribution < -0.4 is 16.2 Å². The van der Waals surface area contributed by atoms with Gasteiger partial charge in [0.15, 0.2) is 0 Å². The number of fused-ring (bicyclic) bond motifs is 1. The molecule has 1 aliphatic carbocycles. The standard InChI is InChI=1S/C14H20N4O2/c19-13(16-11-3-1-2-4-11)9-18-14(20)7-10-8-15-6-5-12(10)17-18/h7,11,15H,1-6,8-9H2,(H,16,19). The summed E-state index contributed by atoms with van der Waals surface area (Å²) < 4.78 is 1.29. The van der Waals surface area contributed by atoms with Crippen LogP contribution in [0.5, 0.6) is 0 Å². The van der Waals surface area contributed by atoms with Crippen LogP contribution in [0.25, 0.3) is 0 Å². The summed E-state index contributed by atoms with van der Waals surface area (Å²) in [5.74, 6) is -0.111. The van der Waals surface area contributed by atoms with E-state index in [2.05, 4.69) is 15.7 Å². The maximum Gasteiger partial charge on any atom is 0.267 e. The van der Waals surface area contributed by atoms with Gasteiger partial charge in [-0.05, 0) is 18.4 Å². The molecule has 108 valence electrons. The highest BCUT2D eigenvalue weighted by molar-refractivity contribution is 5.75. The van der Waals surface area contributed by atoms with E-state index in [9.17, 15) is 9.59 Å². The highest BCUT2D eigenvalue weighted by atomic mass is 16.2. The summed E-state index contributed by atoms with van der Waals surface area (Å²) in [5, 5.41) is 10.5. The maximum absolute atomic E-state index is 12.0. The molecule has 6 heteroatoms. The Morgan fingerprint density at radius 2 is 2.25 bits per heavy atom. The Morgan fingerprint density at radius 3 is 3.05 bits per heavy atom. The summed E-state index contributed by atoms with van der Waals surface area (Å²) in [5.41, 5.74) is 1.68. The SMILES string of the molecule is O=C(Cn1nc2c(cc1=O)CNCC2)NC1CCCC1. The Bertz CT molecular complexity index is 561. The van der Waals surface area contributed by atoms with Gasteiger partial charge in [-0.1, -0.05) is 12.8 Å². The molecule has 20 heavy (non-hydrogen) atoms. The first-order valence-corrected chi connectivity index (χ1v) is 7.32. The molecule has 0 spiro atoms. The fraction of sp³-hybridized carbons (Fsp3) is 0.643. The second-order valence-corrected chi connectivity index (χ2v) is 5.59. The van der Waals surface area contributed by atoms with Crippen molar-refractivity contribution in [3.8, 4) is 0 Å². The van der Waals surface area contributed by atoms with E-state index in [0.717, 1.165) is 37.1 Å². The van der Waals surface area contributed by atoms with Crippen LogP contribution in [0.3, 0.4) is 0 Å². The Balaban J connectivity index is 1.70. The van der Waals surface area contributed by atoms with E-state index in [-0.39, 0.29) is 24.1 Å². The average molecular weight is 276 g/mol. The Labute approximate surface area is 117 Å². The van der Waals surface area contributed by atoms with Crippen molar-refractivity contribution in [2.24, 2.45) is 0 Å². The Morgan fingerprint density at radius 1 is 1.45 bits per heavy atom. The summed E-state index contributed by atoms with van der Waals surface area (Å²) in [6, 6.07) is 1.87. The van der Waals surface area contributed by atoms with Crippen molar-refractivity contribution < 1.29 is 4.79 Å². The molecule has 1 aliphatic heterocycles. The van der Waals surface area contributed by atoms with Gasteiger partial charge < -0.3 is 10.6 Å². The lowest BCUT2D eigenvalue weighted by molar-refractivity contribution is -0.122. The minimum Gasteiger partial charge on any atom is -0.352 e. The van der Waals surface area contributed by atoms with Crippen LogP contribution in [0.2, 0.25) is 0 Å². The molecule has 0 saturated heterocycles. The molecule has 3 rings (SSSR count). The van der Waals surface area contributed by atoms with Gasteiger partial charge in [-0.3, -0.25) is 9.59 Å². The Kier molecular flexibility index (Phi) is 3.82. The third-order valence-corrected chi connectivity index (χ3v) is 4.03. The van der Waals surface area contributed by atoms with Crippen LogP contribution in [-0.2, 0) is 24.3 Å². The third-order valence-electron chi connectivity index (χ3n) is 4.03. The number of carbonyl (C=O) groups excluding carboxylic acids is 1. The van der Waals surface area contributed by atoms with Crippen LogP contribution in [-0.4, -0.2) is 28.3 Å². The van der Waals surface area contributed by atoms with Crippen LogP contribution in [0.15, 0.2) is 10.9 Å². The maximum atomic E-state index is 12.0. The highest BCUT2D eigenvalue weighted by Crippen LogP contribution is 2.17. The monoisotopic (exact) mass is 276 g/mol. The van der Waals surface area contributed by atoms with E-state index in [1.54, 1.807) is 6.07 Å². The third kappa shape index (κ3) is 2.90. The molecular formula is C14H20N4O2. The van der Waals surface area contributed by atoms with Crippen LogP contribution >= 0.6 is 0 Å². The Hall–Kier alpha value is -1.69. The van der Waals surface area contributed by atoms with E-state index >= 15 is 0 Å². The fourth-order valence-electron chi connectivity index (χ4n) is 2.95. The van der Waals surface area contributed by atoms with E-state index in [1.165, 1.54) is 17.5 Å². The number of carbonyl (C=O) groups is 1. The molecular weight excluding hydrogens is 256 g/mol. The normalized spacial score (nSPS) is 18.8. The minimum absolute atomic E-state index is 0.0239. The van der Waals surface area contributed by atoms with Gasteiger partial charge in [0.05, 0.1) is 5.69 Å². The van der Waals surface area contributed by atoms with Gasteiger partial charge in [-0.25, -0.2) is 4.68 Å². The number of nitrogens with one attached hydrogen (secondary N) is 2. The average Bonchev–Trinajstić information content (AvgIpc) is 2.92. The predicted octanol–water partition coefficient (Wildman–Crippen LogP) is -0.0522. The molecule has 6 nitrogen and oxygen atoms in total. The summed E-state index contributed by atoms with van der Waals surface area (Å²) >= 11 is 0. The number of nitrogens with zero attached hydrogens (tertiary/aromatic N) is 2. The van der Waals surface area contributed by atoms with Gasteiger partial charge in [0, 0.05) is 31.6 Å². The number of hydrogen-bond donors (Lipinski definition) is 2. The van der Waals surface area contributed by atoms with E-state index < -0.39 is 0 Å². The van der Waals surface area contributed by atoms with Crippen molar-refractivity contribution in [3.05, 3.63) is 27.7 Å². The van der Waals surface area contributed by atoms with E-state index in [4.69, 9.17) is 0 Å². The van der Waals surface area contributed by atoms with E-state index in [0.29, 0.717) is 6.54 Å². The highest BCUT2D eigenvalue weighted by Gasteiger charge is 2.18. The molecule has 1 fully saturated rings. The van der Waals surface area contributed by atoms with Gasteiger partial charge in [0.25, 0.3) is 5.56 Å². The van der Waals surface area contributed by atoms with E-state index in [1.807, 2.05) is 0 Å². The molecule has 0 atom stereocenters. The van der Waals surface area contributed by atoms with Gasteiger partial charge >= 0.3 is 0 Å². The minimum atomic E-state index is -0.200. The molecule has 2 N–H and O–H groups in total. The van der Waals surface area contributed by atoms with Crippen molar-refractivity contribution in [1.82, 2.24) is 20.4 Å². The molecule has 0 unspecified atom stereocenters. The summed E-state index contributed by atoms with van der Waals surface area (Å²) in [6.45, 7) is 1.58. The zero-order valence-corrected chi connectivity index (χ0v) is 11.5. The first-order valence-electron chi connectivity index (χ1n) is 7.32. The lowest BCUT2D eigenvalue weighted by Gasteiger charge is -2.17. The zero-order valence-electron chi connectivity index (χ0n) is 11.5.